The van der Waals surface area contributed by atoms with Crippen molar-refractivity contribution in [3.8, 4) is 0 Å². The van der Waals surface area contributed by atoms with Crippen molar-refractivity contribution < 1.29 is 0 Å². The lowest BCUT2D eigenvalue weighted by Gasteiger charge is -2.57. The van der Waals surface area contributed by atoms with Gasteiger partial charge in [-0.05, 0) is 105 Å². The molecule has 4 fully saturated rings. The molecule has 4 bridgehead atoms. The Morgan fingerprint density at radius 3 is 2.00 bits per heavy atom. The Morgan fingerprint density at radius 1 is 1.00 bits per heavy atom. The average molecular weight is 329 g/mol. The zero-order valence-corrected chi connectivity index (χ0v) is 15.1. The number of nitrogens with one attached hydrogen (secondary N) is 2. The van der Waals surface area contributed by atoms with Gasteiger partial charge in [0.1, 0.15) is 0 Å². The van der Waals surface area contributed by atoms with Gasteiger partial charge in [0.05, 0.1) is 0 Å². The van der Waals surface area contributed by atoms with Crippen molar-refractivity contribution in [2.45, 2.75) is 63.8 Å². The van der Waals surface area contributed by atoms with E-state index in [1.54, 1.807) is 5.56 Å². The van der Waals surface area contributed by atoms with Gasteiger partial charge in [-0.1, -0.05) is 12.1 Å². The van der Waals surface area contributed by atoms with E-state index >= 15 is 0 Å². The molecule has 2 nitrogen and oxygen atoms in total. The van der Waals surface area contributed by atoms with Crippen molar-refractivity contribution in [3.05, 3.63) is 29.8 Å². The van der Waals surface area contributed by atoms with Crippen LogP contribution in [0.15, 0.2) is 24.3 Å². The van der Waals surface area contributed by atoms with Crippen molar-refractivity contribution >= 4 is 23.0 Å². The van der Waals surface area contributed by atoms with Crippen LogP contribution in [0.1, 0.15) is 57.9 Å². The molecule has 1 aromatic carbocycles. The van der Waals surface area contributed by atoms with Gasteiger partial charge in [0.15, 0.2) is 5.11 Å². The predicted octanol–water partition coefficient (Wildman–Crippen LogP) is 4.85. The smallest absolute Gasteiger partial charge is 0.170 e. The molecule has 0 spiro atoms. The number of anilines is 1. The van der Waals surface area contributed by atoms with Crippen molar-refractivity contribution in [2.75, 3.05) is 5.32 Å². The van der Waals surface area contributed by atoms with Crippen LogP contribution in [0, 0.1) is 17.8 Å². The molecule has 3 heteroatoms. The lowest BCUT2D eigenvalue weighted by Crippen LogP contribution is -2.48. The highest BCUT2D eigenvalue weighted by Gasteiger charge is 2.51. The third-order valence-electron chi connectivity index (χ3n) is 6.21. The highest BCUT2D eigenvalue weighted by atomic mass is 32.1. The molecule has 0 amide bonds. The fourth-order valence-corrected chi connectivity index (χ4v) is 6.15. The molecule has 5 rings (SSSR count). The highest BCUT2D eigenvalue weighted by Crippen LogP contribution is 2.60. The second-order valence-electron chi connectivity index (χ2n) is 8.53. The van der Waals surface area contributed by atoms with E-state index < -0.39 is 0 Å². The molecular weight excluding hydrogens is 300 g/mol. The van der Waals surface area contributed by atoms with E-state index in [1.807, 2.05) is 0 Å². The van der Waals surface area contributed by atoms with Gasteiger partial charge >= 0.3 is 0 Å². The Hall–Kier alpha value is -1.09. The molecule has 0 unspecified atom stereocenters. The first-order valence-electron chi connectivity index (χ1n) is 9.20. The maximum Gasteiger partial charge on any atom is 0.170 e. The largest absolute Gasteiger partial charge is 0.360 e. The molecule has 4 saturated carbocycles. The number of rotatable bonds is 3. The lowest BCUT2D eigenvalue weighted by atomic mass is 9.48. The summed E-state index contributed by atoms with van der Waals surface area (Å²) in [4.78, 5) is 0. The average Bonchev–Trinajstić information content (AvgIpc) is 2.45. The van der Waals surface area contributed by atoms with Crippen LogP contribution in [0.5, 0.6) is 0 Å². The van der Waals surface area contributed by atoms with Crippen LogP contribution in [0.4, 0.5) is 5.69 Å². The van der Waals surface area contributed by atoms with E-state index in [0.717, 1.165) is 23.4 Å². The molecule has 0 aliphatic heterocycles. The third kappa shape index (κ3) is 3.00. The van der Waals surface area contributed by atoms with E-state index in [2.05, 4.69) is 48.7 Å². The zero-order valence-electron chi connectivity index (χ0n) is 14.3. The van der Waals surface area contributed by atoms with Crippen molar-refractivity contribution in [2.24, 2.45) is 17.8 Å². The first-order valence-corrected chi connectivity index (χ1v) is 9.61. The Balaban J connectivity index is 1.49. The number of thiocarbonyl (C=S) groups is 1. The standard InChI is InChI=1S/C20H28N2S/c1-13(2)21-19(23)22-18-5-3-17(4-6-18)20-10-14-7-15(11-20)9-16(8-14)12-20/h3-6,13-16H,7-12H2,1-2H3,(H2,21,22,23). The molecule has 1 aromatic rings. The summed E-state index contributed by atoms with van der Waals surface area (Å²) in [5.41, 5.74) is 3.16. The van der Waals surface area contributed by atoms with E-state index in [9.17, 15) is 0 Å². The van der Waals surface area contributed by atoms with Crippen LogP contribution in [0.3, 0.4) is 0 Å². The molecule has 0 aromatic heterocycles. The normalized spacial score (nSPS) is 34.7. The van der Waals surface area contributed by atoms with Gasteiger partial charge in [-0.25, -0.2) is 0 Å². The van der Waals surface area contributed by atoms with Gasteiger partial charge in [-0.3, -0.25) is 0 Å². The maximum atomic E-state index is 5.34. The van der Waals surface area contributed by atoms with Crippen molar-refractivity contribution in [1.29, 1.82) is 0 Å². The summed E-state index contributed by atoms with van der Waals surface area (Å²) in [6.07, 6.45) is 8.81. The van der Waals surface area contributed by atoms with Crippen molar-refractivity contribution in [1.82, 2.24) is 5.32 Å². The van der Waals surface area contributed by atoms with Gasteiger partial charge in [-0.2, -0.15) is 0 Å². The third-order valence-corrected chi connectivity index (χ3v) is 6.43. The Kier molecular flexibility index (Phi) is 3.87. The minimum atomic E-state index is 0.362. The second-order valence-corrected chi connectivity index (χ2v) is 8.94. The molecular formula is C20H28N2S. The molecule has 0 heterocycles. The Morgan fingerprint density at radius 2 is 1.52 bits per heavy atom. The van der Waals surface area contributed by atoms with Crippen LogP contribution in [0.25, 0.3) is 0 Å². The molecule has 4 aliphatic rings. The van der Waals surface area contributed by atoms with Crippen molar-refractivity contribution in [3.63, 3.8) is 0 Å². The Labute approximate surface area is 145 Å². The summed E-state index contributed by atoms with van der Waals surface area (Å²) in [6, 6.07) is 9.49. The van der Waals surface area contributed by atoms with E-state index in [0.29, 0.717) is 16.6 Å². The Bertz CT molecular complexity index is 555. The number of hydrogen-bond donors (Lipinski definition) is 2. The summed E-state index contributed by atoms with van der Waals surface area (Å²) in [6.45, 7) is 4.20. The molecule has 4 aliphatic carbocycles. The summed E-state index contributed by atoms with van der Waals surface area (Å²) in [7, 11) is 0. The lowest BCUT2D eigenvalue weighted by molar-refractivity contribution is -0.00518. The minimum absolute atomic E-state index is 0.362. The monoisotopic (exact) mass is 328 g/mol. The minimum Gasteiger partial charge on any atom is -0.360 e. The molecule has 2 N–H and O–H groups in total. The molecule has 0 radical (unpaired) electrons. The van der Waals surface area contributed by atoms with Gasteiger partial charge in [0, 0.05) is 11.7 Å². The summed E-state index contributed by atoms with van der Waals surface area (Å²) < 4.78 is 0. The first kappa shape index (κ1) is 15.4. The van der Waals surface area contributed by atoms with Gasteiger partial charge in [0.2, 0.25) is 0 Å². The SMILES string of the molecule is CC(C)NC(=S)Nc1ccc(C23CC4CC(CC(C4)C2)C3)cc1. The quantitative estimate of drug-likeness (QED) is 0.776. The zero-order chi connectivity index (χ0) is 16.0. The second kappa shape index (κ2) is 5.77. The highest BCUT2D eigenvalue weighted by molar-refractivity contribution is 7.80. The number of hydrogen-bond acceptors (Lipinski definition) is 1. The van der Waals surface area contributed by atoms with Gasteiger partial charge in [0.25, 0.3) is 0 Å². The summed E-state index contributed by atoms with van der Waals surface area (Å²) in [5, 5.41) is 7.24. The predicted molar refractivity (Wildman–Crippen MR) is 101 cm³/mol. The van der Waals surface area contributed by atoms with Gasteiger partial charge in [-0.15, -0.1) is 0 Å². The van der Waals surface area contributed by atoms with E-state index in [1.165, 1.54) is 38.5 Å². The van der Waals surface area contributed by atoms with Gasteiger partial charge < -0.3 is 10.6 Å². The van der Waals surface area contributed by atoms with Crippen LogP contribution >= 0.6 is 12.2 Å². The maximum absolute atomic E-state index is 5.34. The van der Waals surface area contributed by atoms with Crippen LogP contribution in [-0.4, -0.2) is 11.2 Å². The molecule has 23 heavy (non-hydrogen) atoms. The van der Waals surface area contributed by atoms with E-state index in [4.69, 9.17) is 12.2 Å². The molecule has 0 atom stereocenters. The number of benzene rings is 1. The summed E-state index contributed by atoms with van der Waals surface area (Å²) in [5.74, 6) is 3.01. The summed E-state index contributed by atoms with van der Waals surface area (Å²) >= 11 is 5.34. The van der Waals surface area contributed by atoms with E-state index in [-0.39, 0.29) is 0 Å². The van der Waals surface area contributed by atoms with Crippen LogP contribution < -0.4 is 10.6 Å². The topological polar surface area (TPSA) is 24.1 Å². The fraction of sp³-hybridized carbons (Fsp3) is 0.650. The fourth-order valence-electron chi connectivity index (χ4n) is 5.80. The van der Waals surface area contributed by atoms with Crippen LogP contribution in [-0.2, 0) is 5.41 Å². The molecule has 0 saturated heterocycles. The first-order chi connectivity index (χ1) is 11.0. The van der Waals surface area contributed by atoms with Crippen LogP contribution in [0.2, 0.25) is 0 Å². The molecule has 124 valence electrons.